The van der Waals surface area contributed by atoms with Crippen LogP contribution in [0.5, 0.6) is 0 Å². The summed E-state index contributed by atoms with van der Waals surface area (Å²) in [6.07, 6.45) is 0. The van der Waals surface area contributed by atoms with Crippen LogP contribution in [0.4, 0.5) is 0 Å². The van der Waals surface area contributed by atoms with Crippen molar-refractivity contribution in [2.24, 2.45) is 0 Å². The van der Waals surface area contributed by atoms with Crippen LogP contribution in [0.15, 0.2) is 30.3 Å². The maximum absolute atomic E-state index is 11.5. The van der Waals surface area contributed by atoms with E-state index in [0.717, 1.165) is 12.7 Å². The summed E-state index contributed by atoms with van der Waals surface area (Å²) < 4.78 is 11.5. The van der Waals surface area contributed by atoms with Crippen molar-refractivity contribution >= 4 is 7.14 Å². The van der Waals surface area contributed by atoms with Crippen LogP contribution in [-0.4, -0.2) is 30.7 Å². The fraction of sp³-hybridized carbons (Fsp3) is 0.571. The van der Waals surface area contributed by atoms with Gasteiger partial charge in [-0.2, -0.15) is 0 Å². The van der Waals surface area contributed by atoms with Gasteiger partial charge < -0.3 is 14.8 Å². The largest absolute Gasteiger partial charge is 0.400 e. The fourth-order valence-electron chi connectivity index (χ4n) is 0.984. The van der Waals surface area contributed by atoms with Gasteiger partial charge in [-0.25, -0.2) is 0 Å². The Bertz CT molecular complexity index is 299. The maximum Gasteiger partial charge on any atom is 0.131 e. The van der Waals surface area contributed by atoms with Crippen LogP contribution >= 0.6 is 7.14 Å². The van der Waals surface area contributed by atoms with E-state index in [1.54, 1.807) is 25.5 Å². The molecule has 1 aromatic carbocycles. The monoisotopic (exact) mass is 365 g/mol. The molecule has 19 heavy (non-hydrogen) atoms. The summed E-state index contributed by atoms with van der Waals surface area (Å²) in [6, 6.07) is 9.09. The molecule has 2 N–H and O–H groups in total. The van der Waals surface area contributed by atoms with E-state index in [2.05, 4.69) is 0 Å². The second kappa shape index (κ2) is 18.5. The van der Waals surface area contributed by atoms with E-state index in [1.165, 1.54) is 0 Å². The quantitative estimate of drug-likeness (QED) is 0.780. The van der Waals surface area contributed by atoms with Gasteiger partial charge >= 0.3 is 0 Å². The number of hydrogen-bond donors (Lipinski definition) is 2. The Balaban J connectivity index is -0.000000142. The van der Waals surface area contributed by atoms with Crippen LogP contribution in [0.2, 0.25) is 0 Å². The van der Waals surface area contributed by atoms with Crippen LogP contribution in [0.3, 0.4) is 0 Å². The molecule has 0 bridgehead atoms. The molecule has 1 rings (SSSR count). The molecular formula is C14H29O3PY. The van der Waals surface area contributed by atoms with Gasteiger partial charge in [0, 0.05) is 39.8 Å². The molecule has 0 aliphatic carbocycles. The average Bonchev–Trinajstić information content (AvgIpc) is 2.44. The van der Waals surface area contributed by atoms with Gasteiger partial charge in [-0.15, -0.1) is 0 Å². The third-order valence-corrected chi connectivity index (χ3v) is 3.16. The van der Waals surface area contributed by atoms with Crippen molar-refractivity contribution in [2.75, 3.05) is 20.4 Å². The summed E-state index contributed by atoms with van der Waals surface area (Å²) in [5.74, 6) is -0.821. The standard InChI is InChI=1S/C9H13O2P.2C2H6.CH4O.Y/c1-12(2,11)9(10)8-6-4-3-5-7-8;3*1-2;/h3-7,9-10H,1-2H3;2*1-2H3;2H,1H3;. The Kier molecular flexibility index (Phi) is 27.0. The molecule has 0 spiro atoms. The molecule has 0 amide bonds. The van der Waals surface area contributed by atoms with Gasteiger partial charge in [-0.05, 0) is 18.9 Å². The molecule has 1 aromatic rings. The first-order valence-corrected chi connectivity index (χ1v) is 8.91. The van der Waals surface area contributed by atoms with Crippen molar-refractivity contribution < 1.29 is 47.5 Å². The molecule has 0 fully saturated rings. The zero-order valence-electron chi connectivity index (χ0n) is 13.3. The molecule has 1 unspecified atom stereocenters. The predicted octanol–water partition coefficient (Wildman–Crippen LogP) is 3.96. The normalized spacial score (nSPS) is 9.95. The van der Waals surface area contributed by atoms with E-state index in [4.69, 9.17) is 5.11 Å². The Hall–Kier alpha value is 0.474. The fourth-order valence-corrected chi connectivity index (χ4v) is 1.87. The first kappa shape index (κ1) is 27.8. The zero-order chi connectivity index (χ0) is 15.2. The summed E-state index contributed by atoms with van der Waals surface area (Å²) in [7, 11) is -1.42. The topological polar surface area (TPSA) is 57.5 Å². The van der Waals surface area contributed by atoms with Crippen molar-refractivity contribution in [1.29, 1.82) is 0 Å². The Morgan fingerprint density at radius 3 is 1.53 bits per heavy atom. The van der Waals surface area contributed by atoms with Crippen molar-refractivity contribution in [3.8, 4) is 0 Å². The maximum atomic E-state index is 11.5. The summed E-state index contributed by atoms with van der Waals surface area (Å²) in [6.45, 7) is 11.2. The number of aliphatic hydroxyl groups excluding tert-OH is 2. The molecule has 1 atom stereocenters. The zero-order valence-corrected chi connectivity index (χ0v) is 17.0. The second-order valence-corrected chi connectivity index (χ2v) is 6.58. The third kappa shape index (κ3) is 14.7. The molecule has 0 aromatic heterocycles. The number of benzene rings is 1. The predicted molar refractivity (Wildman–Crippen MR) is 81.7 cm³/mol. The number of rotatable bonds is 2. The molecule has 0 saturated carbocycles. The number of aliphatic hydroxyl groups is 2. The van der Waals surface area contributed by atoms with E-state index >= 15 is 0 Å². The van der Waals surface area contributed by atoms with Crippen LogP contribution in [0, 0.1) is 0 Å². The van der Waals surface area contributed by atoms with Crippen molar-refractivity contribution in [1.82, 2.24) is 0 Å². The van der Waals surface area contributed by atoms with E-state index in [-0.39, 0.29) is 32.7 Å². The smallest absolute Gasteiger partial charge is 0.131 e. The average molecular weight is 365 g/mol. The van der Waals surface area contributed by atoms with Crippen LogP contribution in [-0.2, 0) is 37.3 Å². The minimum atomic E-state index is -2.42. The van der Waals surface area contributed by atoms with Crippen LogP contribution < -0.4 is 0 Å². The van der Waals surface area contributed by atoms with Gasteiger partial charge in [-0.1, -0.05) is 58.0 Å². The first-order chi connectivity index (χ1) is 8.52. The third-order valence-electron chi connectivity index (χ3n) is 1.69. The van der Waals surface area contributed by atoms with E-state index in [9.17, 15) is 9.67 Å². The Morgan fingerprint density at radius 2 is 1.26 bits per heavy atom. The van der Waals surface area contributed by atoms with Crippen LogP contribution in [0.1, 0.15) is 39.1 Å². The minimum Gasteiger partial charge on any atom is -0.400 e. The van der Waals surface area contributed by atoms with E-state index in [1.807, 2.05) is 45.9 Å². The first-order valence-electron chi connectivity index (χ1n) is 6.24. The molecule has 0 aliphatic rings. The minimum absolute atomic E-state index is 0. The Morgan fingerprint density at radius 1 is 0.947 bits per heavy atom. The molecular weight excluding hydrogens is 336 g/mol. The van der Waals surface area contributed by atoms with Crippen LogP contribution in [0.25, 0.3) is 0 Å². The summed E-state index contributed by atoms with van der Waals surface area (Å²) in [4.78, 5) is 0. The molecule has 111 valence electrons. The van der Waals surface area contributed by atoms with Crippen molar-refractivity contribution in [3.05, 3.63) is 35.9 Å². The molecule has 0 heterocycles. The van der Waals surface area contributed by atoms with Gasteiger partial charge in [0.2, 0.25) is 0 Å². The van der Waals surface area contributed by atoms with Gasteiger partial charge in [0.05, 0.1) is 0 Å². The summed E-state index contributed by atoms with van der Waals surface area (Å²) in [5, 5.41) is 16.6. The molecule has 1 radical (unpaired) electrons. The Labute approximate surface area is 144 Å². The van der Waals surface area contributed by atoms with Crippen molar-refractivity contribution in [3.63, 3.8) is 0 Å². The van der Waals surface area contributed by atoms with Crippen molar-refractivity contribution in [2.45, 2.75) is 33.5 Å². The molecule has 0 saturated heterocycles. The molecule has 0 aliphatic heterocycles. The van der Waals surface area contributed by atoms with E-state index in [0.29, 0.717) is 0 Å². The van der Waals surface area contributed by atoms with E-state index < -0.39 is 13.0 Å². The molecule has 5 heteroatoms. The molecule has 3 nitrogen and oxygen atoms in total. The summed E-state index contributed by atoms with van der Waals surface area (Å²) >= 11 is 0. The van der Waals surface area contributed by atoms with Gasteiger partial charge in [0.25, 0.3) is 0 Å². The summed E-state index contributed by atoms with van der Waals surface area (Å²) in [5.41, 5.74) is 0.728. The SMILES string of the molecule is CC.CC.CO.CP(C)(=O)C(O)c1ccccc1.[Y]. The van der Waals surface area contributed by atoms with Gasteiger partial charge in [0.15, 0.2) is 0 Å². The second-order valence-electron chi connectivity index (χ2n) is 3.22. The van der Waals surface area contributed by atoms with Gasteiger partial charge in [0.1, 0.15) is 13.0 Å². The van der Waals surface area contributed by atoms with Gasteiger partial charge in [-0.3, -0.25) is 0 Å². The number of hydrogen-bond acceptors (Lipinski definition) is 3.